The van der Waals surface area contributed by atoms with E-state index in [1.165, 1.54) is 6.07 Å². The van der Waals surface area contributed by atoms with E-state index in [0.29, 0.717) is 5.69 Å². The summed E-state index contributed by atoms with van der Waals surface area (Å²) in [5, 5.41) is 19.4. The van der Waals surface area contributed by atoms with Gasteiger partial charge in [0.1, 0.15) is 11.7 Å². The summed E-state index contributed by atoms with van der Waals surface area (Å²) in [6.45, 7) is 1.68. The van der Waals surface area contributed by atoms with E-state index in [-0.39, 0.29) is 5.69 Å². The number of rotatable bonds is 5. The molecule has 0 saturated carbocycles. The first-order chi connectivity index (χ1) is 8.40. The van der Waals surface area contributed by atoms with Crippen molar-refractivity contribution in [2.24, 2.45) is 0 Å². The van der Waals surface area contributed by atoms with Gasteiger partial charge in [-0.3, -0.25) is 9.59 Å². The van der Waals surface area contributed by atoms with E-state index in [4.69, 9.17) is 10.2 Å². The van der Waals surface area contributed by atoms with Crippen LogP contribution in [-0.2, 0) is 9.59 Å². The van der Waals surface area contributed by atoms with Crippen LogP contribution in [0.4, 0.5) is 0 Å². The van der Waals surface area contributed by atoms with Gasteiger partial charge in [-0.25, -0.2) is 9.78 Å². The van der Waals surface area contributed by atoms with E-state index in [1.807, 2.05) is 0 Å². The van der Waals surface area contributed by atoms with Crippen molar-refractivity contribution in [2.45, 2.75) is 19.4 Å². The molecule has 0 fully saturated rings. The molecule has 7 nitrogen and oxygen atoms in total. The zero-order valence-electron chi connectivity index (χ0n) is 9.58. The standard InChI is InChI=1S/C11H12N2O5/c1-6-3-2-4-7(12-6)10(16)13-8(11(17)18)5-9(14)15/h2-4,8H,5H2,1H3,(H,13,16)(H,14,15)(H,17,18). The molecule has 3 N–H and O–H groups in total. The fourth-order valence-electron chi connectivity index (χ4n) is 1.28. The summed E-state index contributed by atoms with van der Waals surface area (Å²) in [6, 6.07) is 3.23. The van der Waals surface area contributed by atoms with Gasteiger partial charge in [0.2, 0.25) is 0 Å². The van der Waals surface area contributed by atoms with E-state index in [9.17, 15) is 14.4 Å². The summed E-state index contributed by atoms with van der Waals surface area (Å²) in [4.78, 5) is 36.8. The second-order valence-electron chi connectivity index (χ2n) is 3.63. The maximum atomic E-state index is 11.7. The number of hydrogen-bond acceptors (Lipinski definition) is 4. The molecule has 0 bridgehead atoms. The normalized spacial score (nSPS) is 11.6. The first kappa shape index (κ1) is 13.6. The number of aromatic nitrogens is 1. The van der Waals surface area contributed by atoms with E-state index < -0.39 is 30.3 Å². The van der Waals surface area contributed by atoms with Crippen LogP contribution < -0.4 is 5.32 Å². The maximum Gasteiger partial charge on any atom is 0.326 e. The average Bonchev–Trinajstić information content (AvgIpc) is 2.27. The van der Waals surface area contributed by atoms with Crippen LogP contribution >= 0.6 is 0 Å². The number of carboxylic acids is 2. The number of aliphatic carboxylic acids is 2. The summed E-state index contributed by atoms with van der Waals surface area (Å²) in [6.07, 6.45) is -0.688. The van der Waals surface area contributed by atoms with Crippen molar-refractivity contribution in [3.05, 3.63) is 29.6 Å². The molecule has 0 aliphatic carbocycles. The van der Waals surface area contributed by atoms with Gasteiger partial charge in [-0.15, -0.1) is 0 Å². The quantitative estimate of drug-likeness (QED) is 0.681. The molecule has 1 aromatic rings. The van der Waals surface area contributed by atoms with Crippen molar-refractivity contribution < 1.29 is 24.6 Å². The highest BCUT2D eigenvalue weighted by atomic mass is 16.4. The monoisotopic (exact) mass is 252 g/mol. The fraction of sp³-hybridized carbons (Fsp3) is 0.273. The topological polar surface area (TPSA) is 117 Å². The third-order valence-corrected chi connectivity index (χ3v) is 2.10. The SMILES string of the molecule is Cc1cccc(C(=O)NC(CC(=O)O)C(=O)O)n1. The molecule has 0 aliphatic rings. The number of nitrogens with zero attached hydrogens (tertiary/aromatic N) is 1. The number of carboxylic acid groups (broad SMARTS) is 2. The number of carbonyl (C=O) groups excluding carboxylic acids is 1. The molecule has 1 amide bonds. The Morgan fingerprint density at radius 2 is 2.00 bits per heavy atom. The van der Waals surface area contributed by atoms with Gasteiger partial charge in [-0.2, -0.15) is 0 Å². The first-order valence-corrected chi connectivity index (χ1v) is 5.09. The minimum absolute atomic E-state index is 0.0478. The smallest absolute Gasteiger partial charge is 0.326 e. The third-order valence-electron chi connectivity index (χ3n) is 2.10. The van der Waals surface area contributed by atoms with Gasteiger partial charge in [-0.1, -0.05) is 6.07 Å². The number of hydrogen-bond donors (Lipinski definition) is 3. The first-order valence-electron chi connectivity index (χ1n) is 5.09. The van der Waals surface area contributed by atoms with Crippen LogP contribution in [0.3, 0.4) is 0 Å². The van der Waals surface area contributed by atoms with Crippen molar-refractivity contribution in [1.29, 1.82) is 0 Å². The largest absolute Gasteiger partial charge is 0.481 e. The Bertz CT molecular complexity index is 486. The number of carbonyl (C=O) groups is 3. The number of nitrogens with one attached hydrogen (secondary N) is 1. The molecule has 0 aromatic carbocycles. The fourth-order valence-corrected chi connectivity index (χ4v) is 1.28. The lowest BCUT2D eigenvalue weighted by molar-refractivity contribution is -0.145. The second-order valence-corrected chi connectivity index (χ2v) is 3.63. The zero-order chi connectivity index (χ0) is 13.7. The van der Waals surface area contributed by atoms with E-state index in [0.717, 1.165) is 0 Å². The molecular weight excluding hydrogens is 240 g/mol. The molecule has 0 radical (unpaired) electrons. The highest BCUT2D eigenvalue weighted by Crippen LogP contribution is 2.00. The number of pyridine rings is 1. The molecule has 1 unspecified atom stereocenters. The zero-order valence-corrected chi connectivity index (χ0v) is 9.58. The van der Waals surface area contributed by atoms with Gasteiger partial charge in [0.15, 0.2) is 0 Å². The van der Waals surface area contributed by atoms with Crippen LogP contribution in [0, 0.1) is 6.92 Å². The Morgan fingerprint density at radius 3 is 2.50 bits per heavy atom. The van der Waals surface area contributed by atoms with Crippen molar-refractivity contribution in [3.63, 3.8) is 0 Å². The minimum Gasteiger partial charge on any atom is -0.481 e. The lowest BCUT2D eigenvalue weighted by atomic mass is 10.2. The van der Waals surface area contributed by atoms with Crippen LogP contribution in [0.5, 0.6) is 0 Å². The Labute approximate surface area is 102 Å². The van der Waals surface area contributed by atoms with Crippen LogP contribution in [-0.4, -0.2) is 39.1 Å². The molecule has 96 valence electrons. The van der Waals surface area contributed by atoms with Gasteiger partial charge in [0, 0.05) is 5.69 Å². The Hall–Kier alpha value is -2.44. The van der Waals surface area contributed by atoms with E-state index in [1.54, 1.807) is 19.1 Å². The highest BCUT2D eigenvalue weighted by molar-refractivity contribution is 5.95. The van der Waals surface area contributed by atoms with Gasteiger partial charge >= 0.3 is 11.9 Å². The van der Waals surface area contributed by atoms with E-state index >= 15 is 0 Å². The van der Waals surface area contributed by atoms with Crippen molar-refractivity contribution in [1.82, 2.24) is 10.3 Å². The molecular formula is C11H12N2O5. The Balaban J connectivity index is 2.78. The molecule has 7 heteroatoms. The lowest BCUT2D eigenvalue weighted by Crippen LogP contribution is -2.42. The molecule has 1 heterocycles. The average molecular weight is 252 g/mol. The summed E-state index contributed by atoms with van der Waals surface area (Å²) in [5.41, 5.74) is 0.652. The summed E-state index contributed by atoms with van der Waals surface area (Å²) < 4.78 is 0. The van der Waals surface area contributed by atoms with Crippen LogP contribution in [0.25, 0.3) is 0 Å². The van der Waals surface area contributed by atoms with Crippen molar-refractivity contribution in [3.8, 4) is 0 Å². The highest BCUT2D eigenvalue weighted by Gasteiger charge is 2.23. The van der Waals surface area contributed by atoms with Gasteiger partial charge in [-0.05, 0) is 19.1 Å². The van der Waals surface area contributed by atoms with Gasteiger partial charge in [0.25, 0.3) is 5.91 Å². The molecule has 0 saturated heterocycles. The second kappa shape index (κ2) is 5.76. The lowest BCUT2D eigenvalue weighted by Gasteiger charge is -2.11. The molecule has 1 atom stereocenters. The minimum atomic E-state index is -1.47. The van der Waals surface area contributed by atoms with Crippen LogP contribution in [0.2, 0.25) is 0 Å². The summed E-state index contributed by atoms with van der Waals surface area (Å²) in [5.74, 6) is -3.43. The van der Waals surface area contributed by atoms with Crippen molar-refractivity contribution in [2.75, 3.05) is 0 Å². The molecule has 18 heavy (non-hydrogen) atoms. The number of aryl methyl sites for hydroxylation is 1. The summed E-state index contributed by atoms with van der Waals surface area (Å²) >= 11 is 0. The predicted octanol–water partition coefficient (Wildman–Crippen LogP) is 0.0477. The molecule has 1 rings (SSSR count). The maximum absolute atomic E-state index is 11.7. The summed E-state index contributed by atoms with van der Waals surface area (Å²) in [7, 11) is 0. The van der Waals surface area contributed by atoms with Crippen LogP contribution in [0.1, 0.15) is 22.6 Å². The van der Waals surface area contributed by atoms with E-state index in [2.05, 4.69) is 10.3 Å². The molecule has 0 spiro atoms. The molecule has 1 aromatic heterocycles. The Kier molecular flexibility index (Phi) is 4.36. The van der Waals surface area contributed by atoms with Gasteiger partial charge in [0.05, 0.1) is 6.42 Å². The number of amides is 1. The third kappa shape index (κ3) is 3.85. The molecule has 0 aliphatic heterocycles. The van der Waals surface area contributed by atoms with Crippen LogP contribution in [0.15, 0.2) is 18.2 Å². The van der Waals surface area contributed by atoms with Crippen molar-refractivity contribution >= 4 is 17.8 Å². The van der Waals surface area contributed by atoms with Gasteiger partial charge < -0.3 is 15.5 Å². The predicted molar refractivity (Wildman–Crippen MR) is 60.1 cm³/mol. The Morgan fingerprint density at radius 1 is 1.33 bits per heavy atom.